The summed E-state index contributed by atoms with van der Waals surface area (Å²) in [5.74, 6) is -0.279. The number of nitrogens with one attached hydrogen (secondary N) is 1. The van der Waals surface area contributed by atoms with Gasteiger partial charge in [-0.15, -0.1) is 0 Å². The Labute approximate surface area is 340 Å². The molecular weight excluding hydrogens is 773 g/mol. The normalized spacial score (nSPS) is 22.9. The van der Waals surface area contributed by atoms with E-state index in [2.05, 4.69) is 10.3 Å². The number of hydrogen-bond donors (Lipinski definition) is 2. The Kier molecular flexibility index (Phi) is 11.2. The van der Waals surface area contributed by atoms with Gasteiger partial charge in [0.05, 0.1) is 30.4 Å². The van der Waals surface area contributed by atoms with Gasteiger partial charge in [-0.05, 0) is 86.2 Å². The molecule has 3 aliphatic carbocycles. The zero-order valence-corrected chi connectivity index (χ0v) is 33.2. The molecule has 2 atom stereocenters. The number of carbonyl (C=O) groups is 2. The average molecular weight is 819 g/mol. The number of aliphatic carboxylic acids is 1. The maximum absolute atomic E-state index is 14.7. The quantitative estimate of drug-likeness (QED) is 0.135. The smallest absolute Gasteiger partial charge is 0.421 e. The minimum absolute atomic E-state index is 0.0145. The number of ketones is 1. The maximum atomic E-state index is 14.7. The van der Waals surface area contributed by atoms with Gasteiger partial charge in [-0.1, -0.05) is 54.1 Å². The summed E-state index contributed by atoms with van der Waals surface area (Å²) in [5.41, 5.74) is 3.82. The lowest BCUT2D eigenvalue weighted by molar-refractivity contribution is -0.160. The van der Waals surface area contributed by atoms with Gasteiger partial charge >= 0.3 is 12.1 Å². The first-order valence-electron chi connectivity index (χ1n) is 19.8. The first-order valence-corrected chi connectivity index (χ1v) is 20.2. The number of carboxylic acid groups (broad SMARTS) is 1. The van der Waals surface area contributed by atoms with E-state index >= 15 is 0 Å². The van der Waals surface area contributed by atoms with Crippen LogP contribution in [-0.2, 0) is 35.3 Å². The van der Waals surface area contributed by atoms with E-state index in [9.17, 15) is 27.9 Å². The van der Waals surface area contributed by atoms with E-state index in [-0.39, 0.29) is 30.6 Å². The molecule has 58 heavy (non-hydrogen) atoms. The molecule has 2 aliphatic heterocycles. The van der Waals surface area contributed by atoms with Crippen LogP contribution >= 0.6 is 11.6 Å². The standard InChI is InChI=1S/C44H46ClF3N4O6/c1-56-39-26(22-49-21-25-9-11-29(53)19-25)10-13-36(50-39)34-8-4-7-33(38(34)45)30-5-3-6-32-31(30)12-14-37(32)58-41-35(44(46,47)48)20-27(40(51-41)57-2)23-52-24-43(42(54)55)17-15-28(52)16-18-43/h3-8,10,13,20,25,28,37,49H,9,11-12,14-19,21-24H2,1-2H3,(H,54,55)/t25-,28?,37+,43?/m1/s1. The highest BCUT2D eigenvalue weighted by Crippen LogP contribution is 2.48. The van der Waals surface area contributed by atoms with Crippen molar-refractivity contribution in [3.63, 3.8) is 0 Å². The molecule has 2 bridgehead atoms. The molecule has 5 aliphatic rings. The fourth-order valence-corrected chi connectivity index (χ4v) is 9.78. The van der Waals surface area contributed by atoms with E-state index < -0.39 is 35.1 Å². The van der Waals surface area contributed by atoms with E-state index in [1.54, 1.807) is 7.11 Å². The molecule has 2 aromatic carbocycles. The van der Waals surface area contributed by atoms with Gasteiger partial charge in [0.25, 0.3) is 0 Å². The Morgan fingerprint density at radius 2 is 1.66 bits per heavy atom. The molecule has 0 amide bonds. The number of nitrogens with zero attached hydrogens (tertiary/aromatic N) is 3. The predicted octanol–water partition coefficient (Wildman–Crippen LogP) is 8.85. The Bertz CT molecular complexity index is 2230. The molecule has 2 saturated carbocycles. The van der Waals surface area contributed by atoms with Crippen LogP contribution in [0.25, 0.3) is 22.4 Å². The third kappa shape index (κ3) is 7.76. The average Bonchev–Trinajstić information content (AvgIpc) is 3.83. The van der Waals surface area contributed by atoms with Crippen LogP contribution in [0.2, 0.25) is 5.02 Å². The zero-order chi connectivity index (χ0) is 40.8. The van der Waals surface area contributed by atoms with Crippen molar-refractivity contribution in [2.24, 2.45) is 11.3 Å². The van der Waals surface area contributed by atoms with Gasteiger partial charge in [-0.3, -0.25) is 14.5 Å². The van der Waals surface area contributed by atoms with Crippen LogP contribution in [0.3, 0.4) is 0 Å². The van der Waals surface area contributed by atoms with Crippen molar-refractivity contribution in [1.82, 2.24) is 20.2 Å². The molecule has 4 heterocycles. The van der Waals surface area contributed by atoms with Crippen LogP contribution in [0.4, 0.5) is 13.2 Å². The van der Waals surface area contributed by atoms with Crippen molar-refractivity contribution < 1.29 is 42.1 Å². The molecule has 2 N–H and O–H groups in total. The molecule has 0 radical (unpaired) electrons. The lowest BCUT2D eigenvalue weighted by atomic mass is 9.67. The van der Waals surface area contributed by atoms with Gasteiger partial charge in [-0.2, -0.15) is 18.2 Å². The molecule has 2 aromatic heterocycles. The number of aromatic nitrogens is 2. The van der Waals surface area contributed by atoms with E-state index in [4.69, 9.17) is 30.8 Å². The number of benzene rings is 2. The molecule has 0 spiro atoms. The number of alkyl halides is 3. The number of pyridine rings is 2. The molecule has 14 heteroatoms. The summed E-state index contributed by atoms with van der Waals surface area (Å²) in [5, 5.41) is 13.9. The van der Waals surface area contributed by atoms with Crippen LogP contribution in [-0.4, -0.2) is 65.1 Å². The minimum Gasteiger partial charge on any atom is -0.481 e. The molecule has 9 rings (SSSR count). The maximum Gasteiger partial charge on any atom is 0.421 e. The number of halogens is 4. The van der Waals surface area contributed by atoms with Gasteiger partial charge in [-0.25, -0.2) is 4.98 Å². The van der Waals surface area contributed by atoms with E-state index in [0.717, 1.165) is 46.8 Å². The highest BCUT2D eigenvalue weighted by Gasteiger charge is 2.50. The van der Waals surface area contributed by atoms with Crippen LogP contribution in [0.1, 0.15) is 85.3 Å². The van der Waals surface area contributed by atoms with Crippen LogP contribution in [0.5, 0.6) is 17.6 Å². The van der Waals surface area contributed by atoms with Crippen LogP contribution in [0.15, 0.2) is 54.6 Å². The fraction of sp³-hybridized carbons (Fsp3) is 0.455. The summed E-state index contributed by atoms with van der Waals surface area (Å²) >= 11 is 7.15. The second-order valence-electron chi connectivity index (χ2n) is 16.1. The number of Topliss-reactive ketones (excluding diaryl/α,β-unsaturated/α-hetero) is 1. The van der Waals surface area contributed by atoms with Crippen LogP contribution < -0.4 is 19.5 Å². The number of carbonyl (C=O) groups excluding carboxylic acids is 1. The zero-order valence-electron chi connectivity index (χ0n) is 32.5. The number of piperidine rings is 2. The number of ether oxygens (including phenoxy) is 3. The monoisotopic (exact) mass is 818 g/mol. The molecule has 0 unspecified atom stereocenters. The van der Waals surface area contributed by atoms with Gasteiger partial charge in [0.1, 0.15) is 17.5 Å². The summed E-state index contributed by atoms with van der Waals surface area (Å²) in [6, 6.07) is 16.3. The second kappa shape index (κ2) is 16.1. The molecule has 4 aromatic rings. The lowest BCUT2D eigenvalue weighted by Crippen LogP contribution is -2.56. The topological polar surface area (TPSA) is 123 Å². The summed E-state index contributed by atoms with van der Waals surface area (Å²) in [6.07, 6.45) is 0.134. The van der Waals surface area contributed by atoms with Gasteiger partial charge in [0.15, 0.2) is 0 Å². The van der Waals surface area contributed by atoms with Crippen molar-refractivity contribution >= 4 is 23.4 Å². The second-order valence-corrected chi connectivity index (χ2v) is 16.4. The summed E-state index contributed by atoms with van der Waals surface area (Å²) in [6.45, 7) is 1.64. The van der Waals surface area contributed by atoms with Crippen molar-refractivity contribution in [3.05, 3.63) is 87.4 Å². The number of carboxylic acids is 1. The number of methoxy groups -OCH3 is 2. The number of rotatable bonds is 13. The molecule has 10 nitrogen and oxygen atoms in total. The molecule has 2 saturated heterocycles. The fourth-order valence-electron chi connectivity index (χ4n) is 9.46. The van der Waals surface area contributed by atoms with E-state index in [1.807, 2.05) is 53.4 Å². The van der Waals surface area contributed by atoms with Gasteiger partial charge in [0, 0.05) is 60.8 Å². The molecule has 4 fully saturated rings. The highest BCUT2D eigenvalue weighted by molar-refractivity contribution is 6.36. The van der Waals surface area contributed by atoms with Crippen LogP contribution in [0, 0.1) is 11.3 Å². The van der Waals surface area contributed by atoms with E-state index in [0.29, 0.717) is 91.8 Å². The highest BCUT2D eigenvalue weighted by atomic mass is 35.5. The SMILES string of the molecule is COc1nc(-c2cccc(-c3cccc4c3CC[C@@H]4Oc3nc(OC)c(CN4CC5(C(=O)O)CCC4CC5)cc3C(F)(F)F)c2Cl)ccc1CNC[C@@H]1CCC(=O)C1. The lowest BCUT2D eigenvalue weighted by Gasteiger charge is -2.50. The summed E-state index contributed by atoms with van der Waals surface area (Å²) in [4.78, 5) is 34.9. The predicted molar refractivity (Wildman–Crippen MR) is 211 cm³/mol. The minimum atomic E-state index is -4.77. The first-order chi connectivity index (χ1) is 27.9. The first kappa shape index (κ1) is 40.1. The van der Waals surface area contributed by atoms with Crippen molar-refractivity contribution in [1.29, 1.82) is 0 Å². The Morgan fingerprint density at radius 3 is 2.36 bits per heavy atom. The Morgan fingerprint density at radius 1 is 0.931 bits per heavy atom. The summed E-state index contributed by atoms with van der Waals surface area (Å²) in [7, 11) is 2.93. The van der Waals surface area contributed by atoms with Gasteiger partial charge in [0.2, 0.25) is 17.6 Å². The van der Waals surface area contributed by atoms with Gasteiger partial charge < -0.3 is 24.6 Å². The third-order valence-electron chi connectivity index (χ3n) is 12.6. The molecular formula is C44H46ClF3N4O6. The van der Waals surface area contributed by atoms with Crippen molar-refractivity contribution in [2.45, 2.75) is 89.2 Å². The third-order valence-corrected chi connectivity index (χ3v) is 13.0. The van der Waals surface area contributed by atoms with Crippen molar-refractivity contribution in [2.75, 3.05) is 27.3 Å². The number of fused-ring (bicyclic) bond motifs is 4. The Balaban J connectivity index is 1.03. The van der Waals surface area contributed by atoms with Crippen molar-refractivity contribution in [3.8, 4) is 40.0 Å². The largest absolute Gasteiger partial charge is 0.481 e. The number of hydrogen-bond acceptors (Lipinski definition) is 9. The summed E-state index contributed by atoms with van der Waals surface area (Å²) < 4.78 is 61.6. The Hall–Kier alpha value is -4.72. The van der Waals surface area contributed by atoms with E-state index in [1.165, 1.54) is 7.11 Å². The molecule has 306 valence electrons.